The van der Waals surface area contributed by atoms with Gasteiger partial charge in [0.1, 0.15) is 5.78 Å². The molecule has 14 heavy (non-hydrogen) atoms. The second-order valence-electron chi connectivity index (χ2n) is 3.82. The molecule has 0 saturated carbocycles. The van der Waals surface area contributed by atoms with Gasteiger partial charge in [-0.3, -0.25) is 4.79 Å². The summed E-state index contributed by atoms with van der Waals surface area (Å²) < 4.78 is 0. The number of rotatable bonds is 4. The first-order chi connectivity index (χ1) is 6.70. The van der Waals surface area contributed by atoms with Crippen molar-refractivity contribution in [3.8, 4) is 0 Å². The van der Waals surface area contributed by atoms with E-state index in [1.165, 1.54) is 5.75 Å². The van der Waals surface area contributed by atoms with E-state index in [-0.39, 0.29) is 11.2 Å². The highest BCUT2D eigenvalue weighted by Crippen LogP contribution is 2.35. The molecule has 1 nitrogen and oxygen atoms in total. The van der Waals surface area contributed by atoms with Gasteiger partial charge in [0.2, 0.25) is 0 Å². The van der Waals surface area contributed by atoms with E-state index in [9.17, 15) is 4.79 Å². The van der Waals surface area contributed by atoms with Gasteiger partial charge < -0.3 is 0 Å². The lowest BCUT2D eigenvalue weighted by atomic mass is 9.98. The van der Waals surface area contributed by atoms with Crippen LogP contribution in [0.1, 0.15) is 33.6 Å². The topological polar surface area (TPSA) is 17.1 Å². The highest BCUT2D eigenvalue weighted by atomic mass is 32.2. The number of ketones is 1. The lowest BCUT2D eigenvalue weighted by Crippen LogP contribution is -2.35. The lowest BCUT2D eigenvalue weighted by molar-refractivity contribution is -0.121. The molecule has 0 bridgehead atoms. The Morgan fingerprint density at radius 1 is 1.36 bits per heavy atom. The summed E-state index contributed by atoms with van der Waals surface area (Å²) in [6.45, 7) is 6.36. The van der Waals surface area contributed by atoms with Gasteiger partial charge in [-0.05, 0) is 12.8 Å². The molecule has 1 fully saturated rings. The Hall–Kier alpha value is 0.370. The van der Waals surface area contributed by atoms with Gasteiger partial charge in [-0.1, -0.05) is 20.8 Å². The summed E-state index contributed by atoms with van der Waals surface area (Å²) in [4.78, 5) is 12.1. The SMILES string of the molecule is CCC(C)C(=O)C1SCCSC1CC. The highest BCUT2D eigenvalue weighted by Gasteiger charge is 2.32. The standard InChI is InChI=1S/C11H20OS2/c1-4-8(3)10(12)11-9(5-2)13-6-7-14-11/h8-9,11H,4-7H2,1-3H3. The maximum atomic E-state index is 12.1. The largest absolute Gasteiger partial charge is 0.298 e. The Labute approximate surface area is 95.8 Å². The predicted octanol–water partition coefficient (Wildman–Crippen LogP) is 3.23. The van der Waals surface area contributed by atoms with Crippen LogP contribution in [-0.2, 0) is 4.79 Å². The minimum absolute atomic E-state index is 0.250. The van der Waals surface area contributed by atoms with Crippen molar-refractivity contribution in [2.45, 2.75) is 44.1 Å². The number of carbonyl (C=O) groups excluding carboxylic acids is 1. The van der Waals surface area contributed by atoms with Crippen molar-refractivity contribution < 1.29 is 4.79 Å². The third-order valence-corrected chi connectivity index (χ3v) is 6.10. The summed E-state index contributed by atoms with van der Waals surface area (Å²) in [6, 6.07) is 0. The van der Waals surface area contributed by atoms with E-state index >= 15 is 0 Å². The average Bonchev–Trinajstić information content (AvgIpc) is 2.26. The fraction of sp³-hybridized carbons (Fsp3) is 0.909. The van der Waals surface area contributed by atoms with Gasteiger partial charge in [0.25, 0.3) is 0 Å². The number of hydrogen-bond acceptors (Lipinski definition) is 3. The van der Waals surface area contributed by atoms with Gasteiger partial charge in [-0.25, -0.2) is 0 Å². The molecule has 1 heterocycles. The van der Waals surface area contributed by atoms with Crippen LogP contribution in [0.5, 0.6) is 0 Å². The molecule has 1 aliphatic heterocycles. The van der Waals surface area contributed by atoms with Crippen LogP contribution in [-0.4, -0.2) is 27.8 Å². The normalized spacial score (nSPS) is 29.9. The van der Waals surface area contributed by atoms with Crippen molar-refractivity contribution in [3.63, 3.8) is 0 Å². The lowest BCUT2D eigenvalue weighted by Gasteiger charge is -2.30. The van der Waals surface area contributed by atoms with Crippen LogP contribution in [0.15, 0.2) is 0 Å². The quantitative estimate of drug-likeness (QED) is 0.741. The molecule has 0 aromatic rings. The van der Waals surface area contributed by atoms with Crippen LogP contribution in [0.4, 0.5) is 0 Å². The molecule has 0 aromatic heterocycles. The summed E-state index contributed by atoms with van der Waals surface area (Å²) in [5.74, 6) is 3.10. The Morgan fingerprint density at radius 3 is 2.57 bits per heavy atom. The fourth-order valence-corrected chi connectivity index (χ4v) is 4.79. The number of carbonyl (C=O) groups is 1. The Kier molecular flexibility index (Phi) is 5.39. The van der Waals surface area contributed by atoms with Crippen LogP contribution in [0, 0.1) is 5.92 Å². The van der Waals surface area contributed by atoms with Gasteiger partial charge in [-0.15, -0.1) is 11.8 Å². The first-order valence-electron chi connectivity index (χ1n) is 5.47. The van der Waals surface area contributed by atoms with Crippen molar-refractivity contribution in [2.75, 3.05) is 11.5 Å². The Bertz CT molecular complexity index is 194. The van der Waals surface area contributed by atoms with Gasteiger partial charge in [0, 0.05) is 22.7 Å². The van der Waals surface area contributed by atoms with Crippen LogP contribution in [0.25, 0.3) is 0 Å². The minimum Gasteiger partial charge on any atom is -0.298 e. The molecule has 1 aliphatic rings. The Morgan fingerprint density at radius 2 is 2.00 bits per heavy atom. The molecular formula is C11H20OS2. The van der Waals surface area contributed by atoms with E-state index in [2.05, 4.69) is 20.8 Å². The molecule has 0 aromatic carbocycles. The molecule has 0 amide bonds. The van der Waals surface area contributed by atoms with Crippen molar-refractivity contribution in [3.05, 3.63) is 0 Å². The number of hydrogen-bond donors (Lipinski definition) is 0. The molecule has 0 radical (unpaired) electrons. The molecule has 3 unspecified atom stereocenters. The van der Waals surface area contributed by atoms with Gasteiger partial charge >= 0.3 is 0 Å². The number of Topliss-reactive ketones (excluding diaryl/α,β-unsaturated/α-hetero) is 1. The zero-order chi connectivity index (χ0) is 10.6. The summed E-state index contributed by atoms with van der Waals surface area (Å²) in [5.41, 5.74) is 0. The van der Waals surface area contributed by atoms with E-state index < -0.39 is 0 Å². The molecule has 0 spiro atoms. The summed E-state index contributed by atoms with van der Waals surface area (Å²) >= 11 is 3.86. The summed E-state index contributed by atoms with van der Waals surface area (Å²) in [6.07, 6.45) is 2.11. The Balaban J connectivity index is 2.58. The van der Waals surface area contributed by atoms with Crippen LogP contribution < -0.4 is 0 Å². The first kappa shape index (κ1) is 12.4. The zero-order valence-corrected chi connectivity index (χ0v) is 10.9. The fourth-order valence-electron chi connectivity index (χ4n) is 1.65. The maximum Gasteiger partial charge on any atom is 0.149 e. The third kappa shape index (κ3) is 2.93. The smallest absolute Gasteiger partial charge is 0.149 e. The van der Waals surface area contributed by atoms with E-state index in [0.717, 1.165) is 18.6 Å². The van der Waals surface area contributed by atoms with E-state index in [4.69, 9.17) is 0 Å². The molecule has 1 rings (SSSR count). The molecule has 3 atom stereocenters. The summed E-state index contributed by atoms with van der Waals surface area (Å²) in [7, 11) is 0. The molecule has 1 saturated heterocycles. The van der Waals surface area contributed by atoms with Crippen molar-refractivity contribution >= 4 is 29.3 Å². The highest BCUT2D eigenvalue weighted by molar-refractivity contribution is 8.07. The molecule has 0 aliphatic carbocycles. The molecular weight excluding hydrogens is 212 g/mol. The van der Waals surface area contributed by atoms with Gasteiger partial charge in [0.15, 0.2) is 0 Å². The van der Waals surface area contributed by atoms with Crippen molar-refractivity contribution in [1.29, 1.82) is 0 Å². The minimum atomic E-state index is 0.250. The second-order valence-corrected chi connectivity index (χ2v) is 6.42. The predicted molar refractivity (Wildman–Crippen MR) is 67.2 cm³/mol. The molecule has 0 N–H and O–H groups in total. The van der Waals surface area contributed by atoms with Crippen LogP contribution in [0.2, 0.25) is 0 Å². The number of thioether (sulfide) groups is 2. The van der Waals surface area contributed by atoms with E-state index in [0.29, 0.717) is 11.0 Å². The average molecular weight is 232 g/mol. The monoisotopic (exact) mass is 232 g/mol. The maximum absolute atomic E-state index is 12.1. The van der Waals surface area contributed by atoms with Crippen LogP contribution in [0.3, 0.4) is 0 Å². The van der Waals surface area contributed by atoms with E-state index in [1.54, 1.807) is 0 Å². The second kappa shape index (κ2) is 6.06. The molecule has 82 valence electrons. The third-order valence-electron chi connectivity index (χ3n) is 2.83. The van der Waals surface area contributed by atoms with Crippen molar-refractivity contribution in [2.24, 2.45) is 5.92 Å². The van der Waals surface area contributed by atoms with Gasteiger partial charge in [-0.2, -0.15) is 11.8 Å². The van der Waals surface area contributed by atoms with Crippen LogP contribution >= 0.6 is 23.5 Å². The van der Waals surface area contributed by atoms with E-state index in [1.807, 2.05) is 23.5 Å². The van der Waals surface area contributed by atoms with Crippen molar-refractivity contribution in [1.82, 2.24) is 0 Å². The first-order valence-corrected chi connectivity index (χ1v) is 7.57. The summed E-state index contributed by atoms with van der Waals surface area (Å²) in [5, 5.41) is 0.837. The molecule has 3 heteroatoms. The zero-order valence-electron chi connectivity index (χ0n) is 9.29. The van der Waals surface area contributed by atoms with Gasteiger partial charge in [0.05, 0.1) is 5.25 Å².